The Labute approximate surface area is 165 Å². The van der Waals surface area contributed by atoms with Crippen LogP contribution in [0.3, 0.4) is 0 Å². The number of carbonyl (C=O) groups excluding carboxylic acids is 1. The van der Waals surface area contributed by atoms with Crippen LogP contribution in [0.4, 0.5) is 11.5 Å². The predicted molar refractivity (Wildman–Crippen MR) is 110 cm³/mol. The maximum absolute atomic E-state index is 12.4. The van der Waals surface area contributed by atoms with Crippen LogP contribution in [-0.4, -0.2) is 22.7 Å². The van der Waals surface area contributed by atoms with E-state index in [2.05, 4.69) is 15.2 Å². The first-order valence-corrected chi connectivity index (χ1v) is 9.59. The summed E-state index contributed by atoms with van der Waals surface area (Å²) in [5, 5.41) is 20.5. The molecule has 0 atom stereocenters. The van der Waals surface area contributed by atoms with E-state index in [4.69, 9.17) is 4.74 Å². The molecule has 28 heavy (non-hydrogen) atoms. The van der Waals surface area contributed by atoms with E-state index in [1.165, 1.54) is 17.4 Å². The molecule has 0 saturated carbocycles. The predicted octanol–water partition coefficient (Wildman–Crippen LogP) is 6.06. The molecule has 4 rings (SSSR count). The lowest BCUT2D eigenvalue weighted by Crippen LogP contribution is -2.04. The Hall–Kier alpha value is -3.32. The number of azo groups is 1. The number of para-hydroxylation sites is 1. The fourth-order valence-corrected chi connectivity index (χ4v) is 3.98. The number of phenols is 1. The number of benzene rings is 2. The first-order valence-electron chi connectivity index (χ1n) is 8.77. The SMILES string of the molecule is CCOC(=O)c1cc(O)c2cc(C)sc2c1/N=N/c1ccc2ccccc2n1. The molecule has 2 heterocycles. The zero-order valence-corrected chi connectivity index (χ0v) is 16.2. The van der Waals surface area contributed by atoms with E-state index in [0.717, 1.165) is 15.8 Å². The van der Waals surface area contributed by atoms with Gasteiger partial charge in [0.1, 0.15) is 11.4 Å². The topological polar surface area (TPSA) is 84.1 Å². The molecule has 0 aliphatic rings. The number of thiophene rings is 1. The van der Waals surface area contributed by atoms with E-state index in [9.17, 15) is 9.90 Å². The molecule has 4 aromatic rings. The lowest BCUT2D eigenvalue weighted by atomic mass is 10.1. The molecule has 0 fully saturated rings. The van der Waals surface area contributed by atoms with Crippen molar-refractivity contribution < 1.29 is 14.6 Å². The van der Waals surface area contributed by atoms with Crippen LogP contribution in [0.1, 0.15) is 22.2 Å². The van der Waals surface area contributed by atoms with Gasteiger partial charge in [-0.3, -0.25) is 0 Å². The van der Waals surface area contributed by atoms with Crippen LogP contribution < -0.4 is 0 Å². The summed E-state index contributed by atoms with van der Waals surface area (Å²) < 4.78 is 5.81. The molecule has 1 N–H and O–H groups in total. The molecule has 140 valence electrons. The van der Waals surface area contributed by atoms with E-state index in [0.29, 0.717) is 21.6 Å². The quantitative estimate of drug-likeness (QED) is 0.339. The van der Waals surface area contributed by atoms with Gasteiger partial charge >= 0.3 is 5.97 Å². The number of rotatable bonds is 4. The highest BCUT2D eigenvalue weighted by atomic mass is 32.1. The number of carbonyl (C=O) groups is 1. The van der Waals surface area contributed by atoms with Crippen molar-refractivity contribution in [3.05, 3.63) is 59.0 Å². The number of nitrogens with zero attached hydrogens (tertiary/aromatic N) is 3. The Morgan fingerprint density at radius 2 is 2.00 bits per heavy atom. The van der Waals surface area contributed by atoms with Crippen molar-refractivity contribution in [1.82, 2.24) is 4.98 Å². The van der Waals surface area contributed by atoms with Crippen molar-refractivity contribution >= 4 is 49.8 Å². The van der Waals surface area contributed by atoms with Gasteiger partial charge in [-0.25, -0.2) is 9.78 Å². The van der Waals surface area contributed by atoms with Crippen LogP contribution in [0.25, 0.3) is 21.0 Å². The summed E-state index contributed by atoms with van der Waals surface area (Å²) in [5.41, 5.74) is 1.37. The summed E-state index contributed by atoms with van der Waals surface area (Å²) in [7, 11) is 0. The van der Waals surface area contributed by atoms with Crippen LogP contribution >= 0.6 is 11.3 Å². The van der Waals surface area contributed by atoms with Gasteiger partial charge in [0, 0.05) is 15.6 Å². The van der Waals surface area contributed by atoms with Crippen molar-refractivity contribution in [3.63, 3.8) is 0 Å². The first kappa shape index (κ1) is 18.1. The van der Waals surface area contributed by atoms with Gasteiger partial charge in [0.25, 0.3) is 0 Å². The number of ether oxygens (including phenoxy) is 1. The molecule has 0 spiro atoms. The average molecular weight is 391 g/mol. The molecule has 0 unspecified atom stereocenters. The van der Waals surface area contributed by atoms with Gasteiger partial charge in [0.05, 0.1) is 22.4 Å². The Bertz CT molecular complexity index is 1230. The zero-order valence-electron chi connectivity index (χ0n) is 15.3. The summed E-state index contributed by atoms with van der Waals surface area (Å²) >= 11 is 1.44. The number of hydrogen-bond donors (Lipinski definition) is 1. The van der Waals surface area contributed by atoms with E-state index >= 15 is 0 Å². The Morgan fingerprint density at radius 1 is 1.18 bits per heavy atom. The molecule has 0 amide bonds. The average Bonchev–Trinajstić information content (AvgIpc) is 3.09. The monoisotopic (exact) mass is 391 g/mol. The third kappa shape index (κ3) is 3.32. The number of phenolic OH excluding ortho intramolecular Hbond substituents is 1. The highest BCUT2D eigenvalue weighted by Crippen LogP contribution is 2.42. The van der Waals surface area contributed by atoms with Crippen molar-refractivity contribution in [2.75, 3.05) is 6.61 Å². The van der Waals surface area contributed by atoms with Crippen LogP contribution in [0, 0.1) is 6.92 Å². The number of aromatic hydroxyl groups is 1. The summed E-state index contributed by atoms with van der Waals surface area (Å²) in [6, 6.07) is 14.7. The normalized spacial score (nSPS) is 11.5. The number of pyridine rings is 1. The number of hydrogen-bond acceptors (Lipinski definition) is 7. The second-order valence-electron chi connectivity index (χ2n) is 6.17. The Kier molecular flexibility index (Phi) is 4.75. The second-order valence-corrected chi connectivity index (χ2v) is 7.43. The van der Waals surface area contributed by atoms with Crippen LogP contribution in [-0.2, 0) is 4.74 Å². The number of aromatic nitrogens is 1. The number of fused-ring (bicyclic) bond motifs is 2. The molecule has 0 saturated heterocycles. The fraction of sp³-hybridized carbons (Fsp3) is 0.143. The largest absolute Gasteiger partial charge is 0.507 e. The highest BCUT2D eigenvalue weighted by Gasteiger charge is 2.20. The van der Waals surface area contributed by atoms with Crippen molar-refractivity contribution in [3.8, 4) is 5.75 Å². The Morgan fingerprint density at radius 3 is 2.82 bits per heavy atom. The summed E-state index contributed by atoms with van der Waals surface area (Å²) in [6.45, 7) is 3.88. The molecular weight excluding hydrogens is 374 g/mol. The third-order valence-corrected chi connectivity index (χ3v) is 5.27. The lowest BCUT2D eigenvalue weighted by molar-refractivity contribution is 0.0527. The smallest absolute Gasteiger partial charge is 0.340 e. The molecule has 2 aromatic heterocycles. The minimum Gasteiger partial charge on any atom is -0.507 e. The third-order valence-electron chi connectivity index (χ3n) is 4.21. The summed E-state index contributed by atoms with van der Waals surface area (Å²) in [4.78, 5) is 17.9. The minimum absolute atomic E-state index is 0.0187. The van der Waals surface area contributed by atoms with Gasteiger partial charge in [0.15, 0.2) is 5.82 Å². The molecular formula is C21H17N3O3S. The Balaban J connectivity index is 1.85. The summed E-state index contributed by atoms with van der Waals surface area (Å²) in [5.74, 6) is -0.0978. The molecule has 6 nitrogen and oxygen atoms in total. The van der Waals surface area contributed by atoms with Crippen LogP contribution in [0.15, 0.2) is 58.8 Å². The molecule has 0 aliphatic heterocycles. The zero-order chi connectivity index (χ0) is 19.7. The number of aryl methyl sites for hydroxylation is 1. The maximum Gasteiger partial charge on any atom is 0.340 e. The van der Waals surface area contributed by atoms with Gasteiger partial charge in [-0.1, -0.05) is 18.2 Å². The maximum atomic E-state index is 12.4. The molecule has 2 aromatic carbocycles. The highest BCUT2D eigenvalue weighted by molar-refractivity contribution is 7.19. The first-order chi connectivity index (χ1) is 13.6. The van der Waals surface area contributed by atoms with E-state index in [1.807, 2.05) is 43.3 Å². The van der Waals surface area contributed by atoms with Crippen LogP contribution in [0.5, 0.6) is 5.75 Å². The molecule has 7 heteroatoms. The molecule has 0 bridgehead atoms. The van der Waals surface area contributed by atoms with E-state index < -0.39 is 5.97 Å². The summed E-state index contributed by atoms with van der Waals surface area (Å²) in [6.07, 6.45) is 0. The van der Waals surface area contributed by atoms with Gasteiger partial charge in [-0.05, 0) is 44.2 Å². The fourth-order valence-electron chi connectivity index (χ4n) is 2.96. The van der Waals surface area contributed by atoms with Crippen molar-refractivity contribution in [2.45, 2.75) is 13.8 Å². The van der Waals surface area contributed by atoms with E-state index in [-0.39, 0.29) is 17.9 Å². The molecule has 0 aliphatic carbocycles. The molecule has 0 radical (unpaired) electrons. The van der Waals surface area contributed by atoms with Gasteiger partial charge in [0.2, 0.25) is 0 Å². The number of esters is 1. The van der Waals surface area contributed by atoms with Gasteiger partial charge in [-0.15, -0.1) is 21.6 Å². The van der Waals surface area contributed by atoms with Crippen LogP contribution in [0.2, 0.25) is 0 Å². The minimum atomic E-state index is -0.550. The standard InChI is InChI=1S/C21H17N3O3S/c1-3-27-21(26)15-11-17(25)14-10-12(2)28-20(14)19(15)24-23-18-9-8-13-6-4-5-7-16(13)22-18/h4-11,25H,3H2,1-2H3/b24-23+. The van der Waals surface area contributed by atoms with Gasteiger partial charge in [-0.2, -0.15) is 0 Å². The second kappa shape index (κ2) is 7.36. The van der Waals surface area contributed by atoms with Crippen molar-refractivity contribution in [1.29, 1.82) is 0 Å². The lowest BCUT2D eigenvalue weighted by Gasteiger charge is -2.07. The van der Waals surface area contributed by atoms with Gasteiger partial charge < -0.3 is 9.84 Å². The van der Waals surface area contributed by atoms with Crippen molar-refractivity contribution in [2.24, 2.45) is 10.2 Å². The van der Waals surface area contributed by atoms with E-state index in [1.54, 1.807) is 13.0 Å².